The zero-order valence-electron chi connectivity index (χ0n) is 13.2. The Hall–Kier alpha value is -2.41. The molecule has 1 fully saturated rings. The molecule has 0 spiro atoms. The van der Waals surface area contributed by atoms with Crippen LogP contribution in [0.4, 0.5) is 21.7 Å². The largest absolute Gasteiger partial charge is 0.353 e. The number of hydrogen-bond acceptors (Lipinski definition) is 5. The summed E-state index contributed by atoms with van der Waals surface area (Å²) < 4.78 is 13.2. The molecule has 8 heteroatoms. The van der Waals surface area contributed by atoms with Crippen molar-refractivity contribution in [2.45, 2.75) is 6.92 Å². The van der Waals surface area contributed by atoms with Crippen molar-refractivity contribution in [3.05, 3.63) is 40.9 Å². The van der Waals surface area contributed by atoms with Gasteiger partial charge in [-0.3, -0.25) is 4.79 Å². The molecule has 1 N–H and O–H groups in total. The summed E-state index contributed by atoms with van der Waals surface area (Å²) >= 11 is 5.80. The van der Waals surface area contributed by atoms with Crippen LogP contribution in [0.3, 0.4) is 0 Å². The number of carbonyl (C=O) groups excluding carboxylic acids is 1. The van der Waals surface area contributed by atoms with Crippen LogP contribution < -0.4 is 10.2 Å². The van der Waals surface area contributed by atoms with Crippen LogP contribution in [0.15, 0.2) is 24.3 Å². The minimum absolute atomic E-state index is 0.0518. The average molecular weight is 350 g/mol. The van der Waals surface area contributed by atoms with Gasteiger partial charge in [0.15, 0.2) is 0 Å². The second-order valence-electron chi connectivity index (χ2n) is 5.54. The highest BCUT2D eigenvalue weighted by Gasteiger charge is 2.17. The summed E-state index contributed by atoms with van der Waals surface area (Å²) in [5.41, 5.74) is 0.649. The maximum Gasteiger partial charge on any atom is 0.209 e. The Morgan fingerprint density at radius 3 is 2.62 bits per heavy atom. The average Bonchev–Trinajstić information content (AvgIpc) is 2.58. The van der Waals surface area contributed by atoms with Crippen molar-refractivity contribution in [2.75, 3.05) is 36.4 Å². The summed E-state index contributed by atoms with van der Waals surface area (Å²) in [6, 6.07) is 6.25. The quantitative estimate of drug-likeness (QED) is 0.860. The van der Waals surface area contributed by atoms with Crippen molar-refractivity contribution >= 4 is 35.3 Å². The molecule has 2 heterocycles. The molecule has 0 atom stereocenters. The third-order valence-electron chi connectivity index (χ3n) is 3.80. The zero-order chi connectivity index (χ0) is 17.1. The molecule has 126 valence electrons. The Kier molecular flexibility index (Phi) is 4.80. The Morgan fingerprint density at radius 2 is 1.96 bits per heavy atom. The van der Waals surface area contributed by atoms with E-state index in [1.807, 2.05) is 13.0 Å². The number of nitrogens with one attached hydrogen (secondary N) is 1. The van der Waals surface area contributed by atoms with Crippen molar-refractivity contribution in [2.24, 2.45) is 0 Å². The number of amides is 1. The first-order valence-corrected chi connectivity index (χ1v) is 7.95. The standard InChI is InChI=1S/C16H17ClFN5O/c1-11-19-15(21-12-2-3-14(18)13(17)8-12)9-16(20-11)23-6-4-22(10-24)5-7-23/h2-3,8-10H,4-7H2,1H3,(H,19,20,21). The maximum atomic E-state index is 13.2. The molecule has 0 saturated carbocycles. The predicted molar refractivity (Wildman–Crippen MR) is 91.3 cm³/mol. The highest BCUT2D eigenvalue weighted by Crippen LogP contribution is 2.24. The molecule has 1 aliphatic heterocycles. The monoisotopic (exact) mass is 349 g/mol. The van der Waals surface area contributed by atoms with Gasteiger partial charge < -0.3 is 15.1 Å². The fourth-order valence-corrected chi connectivity index (χ4v) is 2.74. The third-order valence-corrected chi connectivity index (χ3v) is 4.09. The highest BCUT2D eigenvalue weighted by molar-refractivity contribution is 6.31. The minimum atomic E-state index is -0.463. The van der Waals surface area contributed by atoms with Gasteiger partial charge in [-0.25, -0.2) is 14.4 Å². The van der Waals surface area contributed by atoms with E-state index in [4.69, 9.17) is 11.6 Å². The van der Waals surface area contributed by atoms with Crippen molar-refractivity contribution in [3.63, 3.8) is 0 Å². The number of benzene rings is 1. The Labute approximate surface area is 144 Å². The molecule has 0 unspecified atom stereocenters. The van der Waals surface area contributed by atoms with Crippen LogP contribution in [0.25, 0.3) is 0 Å². The molecule has 24 heavy (non-hydrogen) atoms. The number of aromatic nitrogens is 2. The van der Waals surface area contributed by atoms with Crippen LogP contribution in [0.5, 0.6) is 0 Å². The first-order valence-electron chi connectivity index (χ1n) is 7.57. The summed E-state index contributed by atoms with van der Waals surface area (Å²) in [5, 5.41) is 3.17. The van der Waals surface area contributed by atoms with Crippen molar-refractivity contribution in [1.29, 1.82) is 0 Å². The summed E-state index contributed by atoms with van der Waals surface area (Å²) in [6.07, 6.45) is 0.869. The van der Waals surface area contributed by atoms with Gasteiger partial charge in [-0.15, -0.1) is 0 Å². The summed E-state index contributed by atoms with van der Waals surface area (Å²) in [5.74, 6) is 1.57. The number of carbonyl (C=O) groups is 1. The fourth-order valence-electron chi connectivity index (χ4n) is 2.56. The van der Waals surface area contributed by atoms with Crippen molar-refractivity contribution in [1.82, 2.24) is 14.9 Å². The summed E-state index contributed by atoms with van der Waals surface area (Å²) in [7, 11) is 0. The third kappa shape index (κ3) is 3.73. The van der Waals surface area contributed by atoms with E-state index in [-0.39, 0.29) is 5.02 Å². The molecule has 1 amide bonds. The van der Waals surface area contributed by atoms with Crippen molar-refractivity contribution < 1.29 is 9.18 Å². The zero-order valence-corrected chi connectivity index (χ0v) is 13.9. The van der Waals surface area contributed by atoms with E-state index in [9.17, 15) is 9.18 Å². The molecule has 1 saturated heterocycles. The number of nitrogens with zero attached hydrogens (tertiary/aromatic N) is 4. The number of aryl methyl sites for hydroxylation is 1. The topological polar surface area (TPSA) is 61.4 Å². The van der Waals surface area contributed by atoms with Gasteiger partial charge in [0, 0.05) is 37.9 Å². The molecule has 1 aromatic carbocycles. The van der Waals surface area contributed by atoms with Crippen LogP contribution in [0.2, 0.25) is 5.02 Å². The number of anilines is 3. The molecule has 1 aliphatic rings. The lowest BCUT2D eigenvalue weighted by atomic mass is 10.3. The van der Waals surface area contributed by atoms with E-state index < -0.39 is 5.82 Å². The van der Waals surface area contributed by atoms with Crippen molar-refractivity contribution in [3.8, 4) is 0 Å². The first kappa shape index (κ1) is 16.4. The molecular weight excluding hydrogens is 333 g/mol. The van der Waals surface area contributed by atoms with Gasteiger partial charge in [0.25, 0.3) is 0 Å². The number of hydrogen-bond donors (Lipinski definition) is 1. The minimum Gasteiger partial charge on any atom is -0.353 e. The molecule has 6 nitrogen and oxygen atoms in total. The predicted octanol–water partition coefficient (Wildman–Crippen LogP) is 2.60. The van der Waals surface area contributed by atoms with Crippen LogP contribution in [0.1, 0.15) is 5.82 Å². The molecule has 0 aliphatic carbocycles. The normalized spacial score (nSPS) is 14.6. The van der Waals surface area contributed by atoms with Gasteiger partial charge >= 0.3 is 0 Å². The summed E-state index contributed by atoms with van der Waals surface area (Å²) in [4.78, 5) is 23.5. The Bertz CT molecular complexity index is 749. The van der Waals surface area contributed by atoms with Crippen LogP contribution in [-0.4, -0.2) is 47.5 Å². The van der Waals surface area contributed by atoms with E-state index in [1.54, 1.807) is 11.0 Å². The lowest BCUT2D eigenvalue weighted by molar-refractivity contribution is -0.118. The molecule has 2 aromatic rings. The van der Waals surface area contributed by atoms with Gasteiger partial charge in [-0.2, -0.15) is 0 Å². The van der Waals surface area contributed by atoms with E-state index >= 15 is 0 Å². The fraction of sp³-hybridized carbons (Fsp3) is 0.312. The SMILES string of the molecule is Cc1nc(Nc2ccc(F)c(Cl)c2)cc(N2CCN(C=O)CC2)n1. The van der Waals surface area contributed by atoms with Gasteiger partial charge in [0.2, 0.25) is 6.41 Å². The number of halogens is 2. The van der Waals surface area contributed by atoms with E-state index in [0.29, 0.717) is 30.4 Å². The van der Waals surface area contributed by atoms with E-state index in [1.165, 1.54) is 12.1 Å². The van der Waals surface area contributed by atoms with Gasteiger partial charge in [-0.1, -0.05) is 11.6 Å². The second-order valence-corrected chi connectivity index (χ2v) is 5.95. The lowest BCUT2D eigenvalue weighted by Crippen LogP contribution is -2.46. The molecular formula is C16H17ClFN5O. The van der Waals surface area contributed by atoms with Gasteiger partial charge in [0.05, 0.1) is 5.02 Å². The van der Waals surface area contributed by atoms with Gasteiger partial charge in [0.1, 0.15) is 23.3 Å². The van der Waals surface area contributed by atoms with E-state index in [0.717, 1.165) is 25.3 Å². The lowest BCUT2D eigenvalue weighted by Gasteiger charge is -2.33. The number of piperazine rings is 1. The van der Waals surface area contributed by atoms with Crippen LogP contribution >= 0.6 is 11.6 Å². The smallest absolute Gasteiger partial charge is 0.209 e. The Balaban J connectivity index is 1.78. The molecule has 0 radical (unpaired) electrons. The highest BCUT2D eigenvalue weighted by atomic mass is 35.5. The number of rotatable bonds is 4. The van der Waals surface area contributed by atoms with E-state index in [2.05, 4.69) is 20.2 Å². The molecule has 1 aromatic heterocycles. The maximum absolute atomic E-state index is 13.2. The second kappa shape index (κ2) is 7.00. The van der Waals surface area contributed by atoms with Gasteiger partial charge in [-0.05, 0) is 25.1 Å². The first-order chi connectivity index (χ1) is 11.5. The van der Waals surface area contributed by atoms with Crippen LogP contribution in [0, 0.1) is 12.7 Å². The summed E-state index contributed by atoms with van der Waals surface area (Å²) in [6.45, 7) is 4.59. The van der Waals surface area contributed by atoms with Crippen LogP contribution in [-0.2, 0) is 4.79 Å². The molecule has 3 rings (SSSR count). The molecule has 0 bridgehead atoms. The Morgan fingerprint density at radius 1 is 1.21 bits per heavy atom.